The zero-order valence-electron chi connectivity index (χ0n) is 9.10. The van der Waals surface area contributed by atoms with Gasteiger partial charge in [-0.2, -0.15) is 0 Å². The summed E-state index contributed by atoms with van der Waals surface area (Å²) in [5, 5.41) is 3.10. The minimum absolute atomic E-state index is 0.377. The molecule has 0 heterocycles. The van der Waals surface area contributed by atoms with E-state index in [2.05, 4.69) is 17.3 Å². The number of carbonyl (C=O) groups excluding carboxylic acids is 1. The molecule has 0 radical (unpaired) electrons. The summed E-state index contributed by atoms with van der Waals surface area (Å²) in [5.41, 5.74) is 0. The molecule has 0 spiro atoms. The van der Waals surface area contributed by atoms with Crippen molar-refractivity contribution in [1.82, 2.24) is 10.2 Å². The van der Waals surface area contributed by atoms with Crippen LogP contribution in [0.1, 0.15) is 26.2 Å². The second kappa shape index (κ2) is 8.20. The Morgan fingerprint density at radius 1 is 1.38 bits per heavy atom. The number of nitrogens with one attached hydrogen (secondary N) is 1. The minimum Gasteiger partial charge on any atom is -0.318 e. The van der Waals surface area contributed by atoms with Crippen molar-refractivity contribution < 1.29 is 4.79 Å². The Bertz CT molecular complexity index is 137. The molecule has 0 fully saturated rings. The highest BCUT2D eigenvalue weighted by atomic mass is 16.1. The zero-order chi connectivity index (χ0) is 10.1. The fraction of sp³-hybridized carbons (Fsp3) is 0.900. The normalized spacial score (nSPS) is 10.8. The Morgan fingerprint density at radius 2 is 2.08 bits per heavy atom. The molecule has 3 nitrogen and oxygen atoms in total. The van der Waals surface area contributed by atoms with E-state index in [1.54, 1.807) is 0 Å². The van der Waals surface area contributed by atoms with Gasteiger partial charge in [-0.1, -0.05) is 6.92 Å². The zero-order valence-corrected chi connectivity index (χ0v) is 9.10. The second-order valence-electron chi connectivity index (χ2n) is 3.40. The molecule has 0 unspecified atom stereocenters. The molecule has 0 rings (SSSR count). The lowest BCUT2D eigenvalue weighted by Crippen LogP contribution is -2.28. The van der Waals surface area contributed by atoms with Crippen molar-refractivity contribution >= 4 is 5.78 Å². The maximum absolute atomic E-state index is 11.0. The number of nitrogens with zero attached hydrogens (tertiary/aromatic N) is 1. The lowest BCUT2D eigenvalue weighted by atomic mass is 10.2. The largest absolute Gasteiger partial charge is 0.318 e. The lowest BCUT2D eigenvalue weighted by Gasteiger charge is -2.15. The number of ketones is 1. The van der Waals surface area contributed by atoms with Crippen molar-refractivity contribution in [2.24, 2.45) is 0 Å². The van der Waals surface area contributed by atoms with Gasteiger partial charge >= 0.3 is 0 Å². The third-order valence-electron chi connectivity index (χ3n) is 2.13. The van der Waals surface area contributed by atoms with E-state index in [0.717, 1.165) is 32.5 Å². The van der Waals surface area contributed by atoms with Crippen LogP contribution in [0.25, 0.3) is 0 Å². The fourth-order valence-corrected chi connectivity index (χ4v) is 1.14. The van der Waals surface area contributed by atoms with Crippen LogP contribution < -0.4 is 5.32 Å². The molecule has 0 aliphatic rings. The molecule has 0 aromatic carbocycles. The van der Waals surface area contributed by atoms with Crippen molar-refractivity contribution in [2.75, 3.05) is 33.7 Å². The van der Waals surface area contributed by atoms with Crippen molar-refractivity contribution in [3.05, 3.63) is 0 Å². The molecular weight excluding hydrogens is 164 g/mol. The Hall–Kier alpha value is -0.410. The van der Waals surface area contributed by atoms with Gasteiger partial charge in [-0.15, -0.1) is 0 Å². The number of hydrogen-bond donors (Lipinski definition) is 1. The molecule has 13 heavy (non-hydrogen) atoms. The standard InChI is InChI=1S/C10H22N2O/c1-4-10(13)6-5-8-12(3)9-7-11-2/h11H,4-9H2,1-3H3. The first-order valence-electron chi connectivity index (χ1n) is 5.05. The van der Waals surface area contributed by atoms with Crippen molar-refractivity contribution in [2.45, 2.75) is 26.2 Å². The Kier molecular flexibility index (Phi) is 7.94. The summed E-state index contributed by atoms with van der Waals surface area (Å²) in [4.78, 5) is 13.2. The van der Waals surface area contributed by atoms with E-state index >= 15 is 0 Å². The number of rotatable bonds is 8. The third-order valence-corrected chi connectivity index (χ3v) is 2.13. The lowest BCUT2D eigenvalue weighted by molar-refractivity contribution is -0.118. The van der Waals surface area contributed by atoms with E-state index in [1.807, 2.05) is 14.0 Å². The Labute approximate surface area is 81.5 Å². The molecular formula is C10H22N2O. The number of likely N-dealkylation sites (N-methyl/N-ethyl adjacent to an activating group) is 2. The van der Waals surface area contributed by atoms with Gasteiger partial charge in [-0.05, 0) is 27.1 Å². The first-order valence-corrected chi connectivity index (χ1v) is 5.05. The smallest absolute Gasteiger partial charge is 0.132 e. The van der Waals surface area contributed by atoms with Crippen LogP contribution in [0.2, 0.25) is 0 Å². The van der Waals surface area contributed by atoms with Crippen LogP contribution in [0.3, 0.4) is 0 Å². The summed E-state index contributed by atoms with van der Waals surface area (Å²) in [6.07, 6.45) is 2.41. The molecule has 0 saturated carbocycles. The van der Waals surface area contributed by atoms with Crippen LogP contribution in [-0.2, 0) is 4.79 Å². The second-order valence-corrected chi connectivity index (χ2v) is 3.40. The first kappa shape index (κ1) is 12.6. The molecule has 1 N–H and O–H groups in total. The van der Waals surface area contributed by atoms with E-state index < -0.39 is 0 Å². The molecule has 0 aromatic rings. The summed E-state index contributed by atoms with van der Waals surface area (Å²) in [5.74, 6) is 0.377. The van der Waals surface area contributed by atoms with Crippen LogP contribution in [0.5, 0.6) is 0 Å². The summed E-state index contributed by atoms with van der Waals surface area (Å²) < 4.78 is 0. The van der Waals surface area contributed by atoms with Gasteiger partial charge in [0.2, 0.25) is 0 Å². The monoisotopic (exact) mass is 186 g/mol. The van der Waals surface area contributed by atoms with Gasteiger partial charge in [0, 0.05) is 25.9 Å². The maximum Gasteiger partial charge on any atom is 0.132 e. The molecule has 0 aliphatic carbocycles. The SMILES string of the molecule is CCC(=O)CCCN(C)CCNC. The average molecular weight is 186 g/mol. The highest BCUT2D eigenvalue weighted by Crippen LogP contribution is 1.96. The van der Waals surface area contributed by atoms with Crippen LogP contribution in [-0.4, -0.2) is 44.4 Å². The third kappa shape index (κ3) is 7.94. The molecule has 78 valence electrons. The Balaban J connectivity index is 3.26. The predicted molar refractivity (Wildman–Crippen MR) is 56.0 cm³/mol. The Morgan fingerprint density at radius 3 is 2.62 bits per heavy atom. The van der Waals surface area contributed by atoms with Gasteiger partial charge in [0.25, 0.3) is 0 Å². The van der Waals surface area contributed by atoms with E-state index in [0.29, 0.717) is 12.2 Å². The van der Waals surface area contributed by atoms with Crippen LogP contribution in [0, 0.1) is 0 Å². The predicted octanol–water partition coefficient (Wildman–Crippen LogP) is 0.897. The van der Waals surface area contributed by atoms with Gasteiger partial charge in [-0.25, -0.2) is 0 Å². The summed E-state index contributed by atoms with van der Waals surface area (Å²) in [7, 11) is 4.04. The number of carbonyl (C=O) groups is 1. The average Bonchev–Trinajstić information content (AvgIpc) is 2.14. The van der Waals surface area contributed by atoms with E-state index in [9.17, 15) is 4.79 Å². The summed E-state index contributed by atoms with van der Waals surface area (Å²) in [6, 6.07) is 0. The molecule has 0 saturated heterocycles. The van der Waals surface area contributed by atoms with Crippen LogP contribution in [0.4, 0.5) is 0 Å². The summed E-state index contributed by atoms with van der Waals surface area (Å²) >= 11 is 0. The molecule has 0 atom stereocenters. The van der Waals surface area contributed by atoms with E-state index in [1.165, 1.54) is 0 Å². The molecule has 0 bridgehead atoms. The molecule has 0 amide bonds. The van der Waals surface area contributed by atoms with Crippen molar-refractivity contribution in [3.8, 4) is 0 Å². The van der Waals surface area contributed by atoms with Gasteiger partial charge in [-0.3, -0.25) is 4.79 Å². The summed E-state index contributed by atoms with van der Waals surface area (Å²) in [6.45, 7) is 5.01. The highest BCUT2D eigenvalue weighted by molar-refractivity contribution is 5.77. The highest BCUT2D eigenvalue weighted by Gasteiger charge is 2.00. The quantitative estimate of drug-likeness (QED) is 0.611. The molecule has 3 heteroatoms. The van der Waals surface area contributed by atoms with Crippen molar-refractivity contribution in [1.29, 1.82) is 0 Å². The van der Waals surface area contributed by atoms with Gasteiger partial charge < -0.3 is 10.2 Å². The first-order chi connectivity index (χ1) is 6.20. The molecule has 0 aliphatic heterocycles. The fourth-order valence-electron chi connectivity index (χ4n) is 1.14. The van der Waals surface area contributed by atoms with Crippen molar-refractivity contribution in [3.63, 3.8) is 0 Å². The van der Waals surface area contributed by atoms with Gasteiger partial charge in [0.05, 0.1) is 0 Å². The maximum atomic E-state index is 11.0. The van der Waals surface area contributed by atoms with E-state index in [4.69, 9.17) is 0 Å². The van der Waals surface area contributed by atoms with Crippen LogP contribution >= 0.6 is 0 Å². The van der Waals surface area contributed by atoms with Gasteiger partial charge in [0.15, 0.2) is 0 Å². The number of hydrogen-bond acceptors (Lipinski definition) is 3. The topological polar surface area (TPSA) is 32.3 Å². The van der Waals surface area contributed by atoms with Crippen LogP contribution in [0.15, 0.2) is 0 Å². The van der Waals surface area contributed by atoms with E-state index in [-0.39, 0.29) is 0 Å². The number of Topliss-reactive ketones (excluding diaryl/α,β-unsaturated/α-hetero) is 1. The minimum atomic E-state index is 0.377. The van der Waals surface area contributed by atoms with Gasteiger partial charge in [0.1, 0.15) is 5.78 Å². The molecule has 0 aromatic heterocycles.